The first-order chi connectivity index (χ1) is 6.83. The average Bonchev–Trinajstić information content (AvgIpc) is 2.17. The average molecular weight is 249 g/mol. The SMILES string of the molecule is CO[Si](C)(C)CCCCC[Si](C)(C)OC. The lowest BCUT2D eigenvalue weighted by Gasteiger charge is -2.21. The molecule has 2 nitrogen and oxygen atoms in total. The number of hydrogen-bond acceptors (Lipinski definition) is 2. The molecular formula is C11H28O2Si2. The van der Waals surface area contributed by atoms with Crippen LogP contribution < -0.4 is 0 Å². The molecule has 0 fully saturated rings. The van der Waals surface area contributed by atoms with Gasteiger partial charge in [0.25, 0.3) is 0 Å². The van der Waals surface area contributed by atoms with E-state index in [0.29, 0.717) is 0 Å². The minimum Gasteiger partial charge on any atom is -0.420 e. The van der Waals surface area contributed by atoms with E-state index >= 15 is 0 Å². The van der Waals surface area contributed by atoms with Gasteiger partial charge in [0.2, 0.25) is 0 Å². The molecule has 0 bridgehead atoms. The maximum absolute atomic E-state index is 5.53. The second-order valence-corrected chi connectivity index (χ2v) is 14.3. The molecule has 0 aliphatic carbocycles. The third-order valence-electron chi connectivity index (χ3n) is 3.16. The zero-order valence-electron chi connectivity index (χ0n) is 11.4. The van der Waals surface area contributed by atoms with Crippen LogP contribution in [-0.2, 0) is 8.85 Å². The summed E-state index contributed by atoms with van der Waals surface area (Å²) in [6, 6.07) is 2.58. The molecule has 15 heavy (non-hydrogen) atoms. The minimum atomic E-state index is -1.30. The van der Waals surface area contributed by atoms with Crippen molar-refractivity contribution < 1.29 is 8.85 Å². The quantitative estimate of drug-likeness (QED) is 0.480. The standard InChI is InChI=1S/C11H28O2Si2/c1-12-14(3,4)10-8-7-9-11-15(5,6)13-2/h7-11H2,1-6H3. The van der Waals surface area contributed by atoms with Gasteiger partial charge in [0.05, 0.1) is 0 Å². The molecule has 0 aliphatic rings. The largest absolute Gasteiger partial charge is 0.420 e. The number of hydrogen-bond donors (Lipinski definition) is 0. The molecule has 4 heteroatoms. The van der Waals surface area contributed by atoms with Crippen molar-refractivity contribution in [2.45, 2.75) is 57.5 Å². The molecule has 0 atom stereocenters. The highest BCUT2D eigenvalue weighted by molar-refractivity contribution is 6.71. The summed E-state index contributed by atoms with van der Waals surface area (Å²) in [5, 5.41) is 0. The Balaban J connectivity index is 3.48. The van der Waals surface area contributed by atoms with Crippen LogP contribution in [0.4, 0.5) is 0 Å². The second kappa shape index (κ2) is 6.83. The van der Waals surface area contributed by atoms with Crippen LogP contribution in [0.5, 0.6) is 0 Å². The molecular weight excluding hydrogens is 220 g/mol. The van der Waals surface area contributed by atoms with Gasteiger partial charge in [0.15, 0.2) is 16.6 Å². The van der Waals surface area contributed by atoms with Crippen molar-refractivity contribution in [3.63, 3.8) is 0 Å². The summed E-state index contributed by atoms with van der Waals surface area (Å²) in [7, 11) is 1.11. The van der Waals surface area contributed by atoms with Gasteiger partial charge < -0.3 is 8.85 Å². The van der Waals surface area contributed by atoms with E-state index in [1.807, 2.05) is 14.2 Å². The van der Waals surface area contributed by atoms with Gasteiger partial charge in [0.1, 0.15) is 0 Å². The van der Waals surface area contributed by atoms with Crippen molar-refractivity contribution in [3.05, 3.63) is 0 Å². The molecule has 0 aliphatic heterocycles. The number of rotatable bonds is 8. The zero-order valence-corrected chi connectivity index (χ0v) is 13.4. The van der Waals surface area contributed by atoms with Gasteiger partial charge in [-0.3, -0.25) is 0 Å². The highest BCUT2D eigenvalue weighted by Crippen LogP contribution is 2.19. The van der Waals surface area contributed by atoms with E-state index in [1.54, 1.807) is 0 Å². The molecule has 0 aromatic carbocycles. The van der Waals surface area contributed by atoms with Gasteiger partial charge in [0, 0.05) is 14.2 Å². The second-order valence-electron chi connectivity index (χ2n) is 5.49. The predicted molar refractivity (Wildman–Crippen MR) is 72.4 cm³/mol. The van der Waals surface area contributed by atoms with Gasteiger partial charge in [-0.15, -0.1) is 0 Å². The van der Waals surface area contributed by atoms with Crippen LogP contribution in [-0.4, -0.2) is 30.9 Å². The van der Waals surface area contributed by atoms with E-state index in [0.717, 1.165) is 0 Å². The third kappa shape index (κ3) is 8.19. The summed E-state index contributed by atoms with van der Waals surface area (Å²) >= 11 is 0. The van der Waals surface area contributed by atoms with E-state index in [-0.39, 0.29) is 0 Å². The van der Waals surface area contributed by atoms with Crippen LogP contribution in [0.15, 0.2) is 0 Å². The van der Waals surface area contributed by atoms with E-state index in [4.69, 9.17) is 8.85 Å². The van der Waals surface area contributed by atoms with Gasteiger partial charge in [-0.25, -0.2) is 0 Å². The Morgan fingerprint density at radius 1 is 0.667 bits per heavy atom. The highest BCUT2D eigenvalue weighted by atomic mass is 28.4. The maximum Gasteiger partial charge on any atom is 0.186 e. The molecule has 0 heterocycles. The normalized spacial score (nSPS) is 13.2. The van der Waals surface area contributed by atoms with Gasteiger partial charge in [-0.05, 0) is 38.3 Å². The molecule has 0 aromatic rings. The molecule has 0 N–H and O–H groups in total. The Bertz CT molecular complexity index is 152. The summed E-state index contributed by atoms with van der Waals surface area (Å²) in [6.45, 7) is 9.17. The van der Waals surface area contributed by atoms with Crippen LogP contribution in [0.2, 0.25) is 38.3 Å². The van der Waals surface area contributed by atoms with Crippen LogP contribution in [0.25, 0.3) is 0 Å². The smallest absolute Gasteiger partial charge is 0.186 e. The summed E-state index contributed by atoms with van der Waals surface area (Å²) in [6.07, 6.45) is 3.97. The fourth-order valence-corrected chi connectivity index (χ4v) is 4.09. The third-order valence-corrected chi connectivity index (χ3v) is 8.49. The zero-order chi connectivity index (χ0) is 11.9. The topological polar surface area (TPSA) is 18.5 Å². The molecule has 0 amide bonds. The molecule has 0 rings (SSSR count). The Morgan fingerprint density at radius 3 is 1.27 bits per heavy atom. The Hall–Kier alpha value is 0.354. The van der Waals surface area contributed by atoms with Crippen molar-refractivity contribution in [2.24, 2.45) is 0 Å². The van der Waals surface area contributed by atoms with Crippen molar-refractivity contribution in [1.82, 2.24) is 0 Å². The van der Waals surface area contributed by atoms with Crippen molar-refractivity contribution in [3.8, 4) is 0 Å². The highest BCUT2D eigenvalue weighted by Gasteiger charge is 2.21. The fourth-order valence-electron chi connectivity index (χ4n) is 1.48. The Morgan fingerprint density at radius 2 is 1.00 bits per heavy atom. The van der Waals surface area contributed by atoms with Crippen molar-refractivity contribution in [1.29, 1.82) is 0 Å². The first-order valence-electron chi connectivity index (χ1n) is 5.93. The molecule has 0 saturated heterocycles. The molecule has 0 radical (unpaired) electrons. The van der Waals surface area contributed by atoms with Crippen LogP contribution in [0.3, 0.4) is 0 Å². The maximum atomic E-state index is 5.53. The van der Waals surface area contributed by atoms with Gasteiger partial charge in [-0.1, -0.05) is 19.3 Å². The summed E-state index contributed by atoms with van der Waals surface area (Å²) in [5.74, 6) is 0. The monoisotopic (exact) mass is 248 g/mol. The van der Waals surface area contributed by atoms with Crippen LogP contribution in [0, 0.1) is 0 Å². The van der Waals surface area contributed by atoms with Crippen molar-refractivity contribution >= 4 is 16.6 Å². The summed E-state index contributed by atoms with van der Waals surface area (Å²) < 4.78 is 11.1. The fraction of sp³-hybridized carbons (Fsp3) is 1.00. The van der Waals surface area contributed by atoms with Gasteiger partial charge in [-0.2, -0.15) is 0 Å². The van der Waals surface area contributed by atoms with Crippen LogP contribution >= 0.6 is 0 Å². The lowest BCUT2D eigenvalue weighted by molar-refractivity contribution is 0.398. The first-order valence-corrected chi connectivity index (χ1v) is 12.2. The Kier molecular flexibility index (Phi) is 6.99. The first kappa shape index (κ1) is 15.4. The van der Waals surface area contributed by atoms with E-state index in [9.17, 15) is 0 Å². The van der Waals surface area contributed by atoms with Gasteiger partial charge >= 0.3 is 0 Å². The van der Waals surface area contributed by atoms with E-state index < -0.39 is 16.6 Å². The molecule has 0 unspecified atom stereocenters. The lowest BCUT2D eigenvalue weighted by atomic mass is 10.3. The van der Waals surface area contributed by atoms with Crippen LogP contribution in [0.1, 0.15) is 19.3 Å². The lowest BCUT2D eigenvalue weighted by Crippen LogP contribution is -2.29. The van der Waals surface area contributed by atoms with E-state index in [2.05, 4.69) is 26.2 Å². The Labute approximate surface area is 97.6 Å². The molecule has 0 saturated carbocycles. The molecule has 92 valence electrons. The van der Waals surface area contributed by atoms with Crippen molar-refractivity contribution in [2.75, 3.05) is 14.2 Å². The molecule has 0 aromatic heterocycles. The summed E-state index contributed by atoms with van der Waals surface area (Å²) in [5.41, 5.74) is 0. The summed E-state index contributed by atoms with van der Waals surface area (Å²) in [4.78, 5) is 0. The number of unbranched alkanes of at least 4 members (excludes halogenated alkanes) is 2. The minimum absolute atomic E-state index is 1.29. The van der Waals surface area contributed by atoms with E-state index in [1.165, 1.54) is 31.4 Å². The molecule has 0 spiro atoms. The predicted octanol–water partition coefficient (Wildman–Crippen LogP) is 3.86.